The van der Waals surface area contributed by atoms with Crippen molar-refractivity contribution in [3.05, 3.63) is 64.2 Å². The van der Waals surface area contributed by atoms with Crippen molar-refractivity contribution in [3.8, 4) is 11.3 Å². The lowest BCUT2D eigenvalue weighted by atomic mass is 10.2. The molecule has 1 heterocycles. The van der Waals surface area contributed by atoms with E-state index in [0.717, 1.165) is 12.8 Å². The minimum absolute atomic E-state index is 0.181. The molecule has 1 aromatic heterocycles. The molecule has 32 heavy (non-hydrogen) atoms. The van der Waals surface area contributed by atoms with Crippen LogP contribution in [0, 0.1) is 5.82 Å². The lowest BCUT2D eigenvalue weighted by Gasteiger charge is -2.21. The number of thiazole rings is 1. The van der Waals surface area contributed by atoms with Crippen LogP contribution in [0.1, 0.15) is 32.3 Å². The smallest absolute Gasteiger partial charge is 0.243 e. The van der Waals surface area contributed by atoms with Gasteiger partial charge in [0.1, 0.15) is 5.82 Å². The van der Waals surface area contributed by atoms with Gasteiger partial charge in [0.15, 0.2) is 0 Å². The molecule has 6 nitrogen and oxygen atoms in total. The first-order valence-electron chi connectivity index (χ1n) is 10.2. The first-order valence-corrected chi connectivity index (χ1v) is 12.9. The summed E-state index contributed by atoms with van der Waals surface area (Å²) < 4.78 is 41.5. The highest BCUT2D eigenvalue weighted by Gasteiger charge is 2.23. The van der Waals surface area contributed by atoms with Crippen LogP contribution in [0.3, 0.4) is 0 Å². The predicted molar refractivity (Wildman–Crippen MR) is 130 cm³/mol. The molecule has 10 heteroatoms. The van der Waals surface area contributed by atoms with E-state index in [0.29, 0.717) is 29.5 Å². The number of aromatic nitrogens is 1. The van der Waals surface area contributed by atoms with Gasteiger partial charge in [-0.05, 0) is 37.1 Å². The Hall–Kier alpha value is -2.33. The molecule has 0 saturated carbocycles. The van der Waals surface area contributed by atoms with E-state index >= 15 is 0 Å². The van der Waals surface area contributed by atoms with Crippen molar-refractivity contribution in [2.45, 2.75) is 31.6 Å². The maximum absolute atomic E-state index is 13.8. The molecular weight excluding hydrogens is 471 g/mol. The van der Waals surface area contributed by atoms with Gasteiger partial charge in [0.25, 0.3) is 0 Å². The number of sulfonamides is 1. The van der Waals surface area contributed by atoms with Crippen molar-refractivity contribution in [1.82, 2.24) is 9.29 Å². The first kappa shape index (κ1) is 24.3. The summed E-state index contributed by atoms with van der Waals surface area (Å²) in [5.74, 6) is -0.471. The fourth-order valence-electron chi connectivity index (χ4n) is 3.06. The lowest BCUT2D eigenvalue weighted by Crippen LogP contribution is -2.32. The maximum atomic E-state index is 13.8. The van der Waals surface area contributed by atoms with Gasteiger partial charge in [0.05, 0.1) is 21.8 Å². The van der Waals surface area contributed by atoms with Crippen LogP contribution < -0.4 is 5.43 Å². The number of benzene rings is 2. The van der Waals surface area contributed by atoms with E-state index in [1.54, 1.807) is 29.6 Å². The van der Waals surface area contributed by atoms with Gasteiger partial charge in [0, 0.05) is 29.6 Å². The molecular formula is C22H24ClFN4O2S2. The summed E-state index contributed by atoms with van der Waals surface area (Å²) in [6.45, 7) is 4.88. The van der Waals surface area contributed by atoms with Crippen LogP contribution in [0.2, 0.25) is 5.02 Å². The Bertz CT molecular complexity index is 1170. The van der Waals surface area contributed by atoms with Gasteiger partial charge in [-0.15, -0.1) is 11.3 Å². The molecule has 0 bridgehead atoms. The molecule has 0 fully saturated rings. The van der Waals surface area contributed by atoms with Crippen LogP contribution in [0.5, 0.6) is 0 Å². The molecule has 170 valence electrons. The third-order valence-corrected chi connectivity index (χ3v) is 7.54. The van der Waals surface area contributed by atoms with Crippen LogP contribution in [0.25, 0.3) is 11.3 Å². The third-order valence-electron chi connectivity index (χ3n) is 4.57. The molecule has 3 rings (SSSR count). The van der Waals surface area contributed by atoms with Crippen LogP contribution in [0.15, 0.2) is 57.8 Å². The number of hydrogen-bond acceptors (Lipinski definition) is 6. The quantitative estimate of drug-likeness (QED) is 0.283. The average molecular weight is 495 g/mol. The Balaban J connectivity index is 1.78. The Morgan fingerprint density at radius 1 is 1.19 bits per heavy atom. The molecule has 0 atom stereocenters. The van der Waals surface area contributed by atoms with Crippen molar-refractivity contribution in [1.29, 1.82) is 0 Å². The van der Waals surface area contributed by atoms with Crippen LogP contribution >= 0.6 is 22.9 Å². The number of hydrogen-bond donors (Lipinski definition) is 1. The fraction of sp³-hybridized carbons (Fsp3) is 0.273. The Morgan fingerprint density at radius 2 is 1.91 bits per heavy atom. The lowest BCUT2D eigenvalue weighted by molar-refractivity contribution is 0.410. The van der Waals surface area contributed by atoms with Gasteiger partial charge in [0.2, 0.25) is 15.2 Å². The molecule has 0 radical (unpaired) electrons. The molecule has 0 amide bonds. The van der Waals surface area contributed by atoms with Crippen molar-refractivity contribution in [2.24, 2.45) is 5.10 Å². The number of anilines is 1. The predicted octanol–water partition coefficient (Wildman–Crippen LogP) is 5.86. The second-order valence-electron chi connectivity index (χ2n) is 6.98. The van der Waals surface area contributed by atoms with Gasteiger partial charge >= 0.3 is 0 Å². The van der Waals surface area contributed by atoms with Gasteiger partial charge in [-0.1, -0.05) is 43.6 Å². The van der Waals surface area contributed by atoms with E-state index < -0.39 is 15.8 Å². The minimum Gasteiger partial charge on any atom is -0.253 e. The highest BCUT2D eigenvalue weighted by Crippen LogP contribution is 2.28. The molecule has 0 saturated heterocycles. The topological polar surface area (TPSA) is 74.7 Å². The number of rotatable bonds is 10. The van der Waals surface area contributed by atoms with Crippen molar-refractivity contribution >= 4 is 44.3 Å². The van der Waals surface area contributed by atoms with E-state index in [9.17, 15) is 12.8 Å². The van der Waals surface area contributed by atoms with Crippen LogP contribution in [-0.4, -0.2) is 37.0 Å². The SMILES string of the molecule is CCCN(CCC)S(=O)(=O)c1cccc(-c2csc(N/N=C/c3c(F)cccc3Cl)n2)c1. The normalized spacial score (nSPS) is 12.0. The maximum Gasteiger partial charge on any atom is 0.243 e. The number of hydrazone groups is 1. The number of nitrogens with one attached hydrogen (secondary N) is 1. The summed E-state index contributed by atoms with van der Waals surface area (Å²) in [6.07, 6.45) is 2.79. The first-order chi connectivity index (χ1) is 15.4. The zero-order chi connectivity index (χ0) is 23.1. The highest BCUT2D eigenvalue weighted by atomic mass is 35.5. The van der Waals surface area contributed by atoms with E-state index in [2.05, 4.69) is 15.5 Å². The van der Waals surface area contributed by atoms with Gasteiger partial charge < -0.3 is 0 Å². The van der Waals surface area contributed by atoms with E-state index in [1.165, 1.54) is 34.0 Å². The van der Waals surface area contributed by atoms with Crippen molar-refractivity contribution in [3.63, 3.8) is 0 Å². The Morgan fingerprint density at radius 3 is 2.59 bits per heavy atom. The monoisotopic (exact) mass is 494 g/mol. The van der Waals surface area contributed by atoms with Crippen LogP contribution in [-0.2, 0) is 10.0 Å². The number of nitrogens with zero attached hydrogens (tertiary/aromatic N) is 3. The molecule has 0 aliphatic carbocycles. The molecule has 2 aromatic carbocycles. The van der Waals surface area contributed by atoms with Gasteiger partial charge in [-0.2, -0.15) is 9.41 Å². The van der Waals surface area contributed by atoms with E-state index in [1.807, 2.05) is 19.9 Å². The average Bonchev–Trinajstić information content (AvgIpc) is 3.25. The zero-order valence-corrected chi connectivity index (χ0v) is 20.1. The number of halogens is 2. The van der Waals surface area contributed by atoms with Crippen LogP contribution in [0.4, 0.5) is 9.52 Å². The standard InChI is InChI=1S/C22H24ClFN4O2S2/c1-3-11-28(12-4-2)32(29,30)17-8-5-7-16(13-17)21-15-31-22(26-21)27-25-14-18-19(23)9-6-10-20(18)24/h5-10,13-15H,3-4,11-12H2,1-2H3,(H,26,27)/b25-14+. The second kappa shape index (κ2) is 11.0. The van der Waals surface area contributed by atoms with Crippen molar-refractivity contribution in [2.75, 3.05) is 18.5 Å². The molecule has 0 aliphatic rings. The highest BCUT2D eigenvalue weighted by molar-refractivity contribution is 7.89. The summed E-state index contributed by atoms with van der Waals surface area (Å²) in [7, 11) is -3.58. The largest absolute Gasteiger partial charge is 0.253 e. The van der Waals surface area contributed by atoms with Gasteiger partial charge in [-0.3, -0.25) is 5.43 Å². The molecule has 0 aliphatic heterocycles. The summed E-state index contributed by atoms with van der Waals surface area (Å²) in [5, 5.41) is 6.55. The molecule has 3 aromatic rings. The Kier molecular flexibility index (Phi) is 8.36. The minimum atomic E-state index is -3.58. The summed E-state index contributed by atoms with van der Waals surface area (Å²) in [6, 6.07) is 11.2. The second-order valence-corrected chi connectivity index (χ2v) is 10.2. The van der Waals surface area contributed by atoms with Gasteiger partial charge in [-0.25, -0.2) is 17.8 Å². The fourth-order valence-corrected chi connectivity index (χ4v) is 5.61. The third kappa shape index (κ3) is 5.72. The molecule has 0 spiro atoms. The summed E-state index contributed by atoms with van der Waals surface area (Å²) in [5.41, 5.74) is 4.24. The van der Waals surface area contributed by atoms with Crippen molar-refractivity contribution < 1.29 is 12.8 Å². The van der Waals surface area contributed by atoms with E-state index in [-0.39, 0.29) is 15.5 Å². The van der Waals surface area contributed by atoms with E-state index in [4.69, 9.17) is 11.6 Å². The zero-order valence-electron chi connectivity index (χ0n) is 17.8. The molecule has 1 N–H and O–H groups in total. The molecule has 0 unspecified atom stereocenters. The summed E-state index contributed by atoms with van der Waals surface area (Å²) in [4.78, 5) is 4.70. The Labute approximate surface area is 196 Å². The summed E-state index contributed by atoms with van der Waals surface area (Å²) >= 11 is 7.29.